The Bertz CT molecular complexity index is 824. The highest BCUT2D eigenvalue weighted by molar-refractivity contribution is 7.91. The van der Waals surface area contributed by atoms with Crippen molar-refractivity contribution in [2.75, 3.05) is 0 Å². The van der Waals surface area contributed by atoms with Gasteiger partial charge in [0, 0.05) is 17.8 Å². The maximum Gasteiger partial charge on any atom is 0.250 e. The predicted octanol–water partition coefficient (Wildman–Crippen LogP) is 3.55. The molecule has 0 aliphatic carbocycles. The lowest BCUT2D eigenvalue weighted by atomic mass is 10.00. The van der Waals surface area contributed by atoms with Gasteiger partial charge in [-0.25, -0.2) is 13.1 Å². The molecular weight excluding hydrogens is 356 g/mol. The van der Waals surface area contributed by atoms with E-state index < -0.39 is 10.0 Å². The number of hydrogen-bond acceptors (Lipinski definition) is 4. The number of hydrogen-bond donors (Lipinski definition) is 2. The first-order valence-corrected chi connectivity index (χ1v) is 10.4. The first-order valence-electron chi connectivity index (χ1n) is 8.14. The summed E-state index contributed by atoms with van der Waals surface area (Å²) >= 11 is 1.16. The van der Waals surface area contributed by atoms with Crippen molar-refractivity contribution in [3.63, 3.8) is 0 Å². The van der Waals surface area contributed by atoms with Crippen LogP contribution in [0.5, 0.6) is 0 Å². The predicted molar refractivity (Wildman–Crippen MR) is 101 cm³/mol. The van der Waals surface area contributed by atoms with Crippen molar-refractivity contribution >= 4 is 27.3 Å². The smallest absolute Gasteiger partial charge is 0.250 e. The summed E-state index contributed by atoms with van der Waals surface area (Å²) in [5, 5.41) is 2.66. The van der Waals surface area contributed by atoms with Gasteiger partial charge in [0.1, 0.15) is 4.21 Å². The van der Waals surface area contributed by atoms with E-state index in [1.165, 1.54) is 12.5 Å². The first kappa shape index (κ1) is 19.6. The summed E-state index contributed by atoms with van der Waals surface area (Å²) in [7, 11) is -3.60. The van der Waals surface area contributed by atoms with Crippen LogP contribution in [0.4, 0.5) is 0 Å². The van der Waals surface area contributed by atoms with E-state index in [1.54, 1.807) is 12.1 Å². The monoisotopic (exact) mass is 380 g/mol. The lowest BCUT2D eigenvalue weighted by molar-refractivity contribution is -0.119. The molecule has 2 N–H and O–H groups in total. The molecule has 0 unspecified atom stereocenters. The van der Waals surface area contributed by atoms with Gasteiger partial charge in [-0.15, -0.1) is 11.3 Å². The van der Waals surface area contributed by atoms with Crippen molar-refractivity contribution in [1.82, 2.24) is 10.0 Å². The Morgan fingerprint density at radius 3 is 2.20 bits per heavy atom. The lowest BCUT2D eigenvalue weighted by Crippen LogP contribution is -2.26. The number of nitrogens with one attached hydrogen (secondary N) is 2. The molecular formula is C18H24N2O3S2. The number of sulfonamides is 1. The summed E-state index contributed by atoms with van der Waals surface area (Å²) in [5.41, 5.74) is 2.14. The van der Waals surface area contributed by atoms with Gasteiger partial charge in [-0.1, -0.05) is 38.1 Å². The molecule has 2 rings (SSSR count). The quantitative estimate of drug-likeness (QED) is 0.771. The number of carbonyl (C=O) groups is 1. The Morgan fingerprint density at radius 2 is 1.64 bits per heavy atom. The van der Waals surface area contributed by atoms with Crippen molar-refractivity contribution in [3.8, 4) is 0 Å². The van der Waals surface area contributed by atoms with E-state index in [4.69, 9.17) is 0 Å². The van der Waals surface area contributed by atoms with Gasteiger partial charge in [0.25, 0.3) is 10.0 Å². The molecule has 1 atom stereocenters. The van der Waals surface area contributed by atoms with E-state index in [-0.39, 0.29) is 16.2 Å². The zero-order chi connectivity index (χ0) is 18.6. The second-order valence-corrected chi connectivity index (χ2v) is 9.40. The molecule has 1 amide bonds. The third-order valence-corrected chi connectivity index (χ3v) is 6.97. The molecule has 0 aliphatic rings. The van der Waals surface area contributed by atoms with Crippen LogP contribution in [0.3, 0.4) is 0 Å². The van der Waals surface area contributed by atoms with Crippen molar-refractivity contribution in [1.29, 1.82) is 0 Å². The van der Waals surface area contributed by atoms with Gasteiger partial charge >= 0.3 is 0 Å². The Labute approximate surface area is 153 Å². The van der Waals surface area contributed by atoms with Crippen LogP contribution in [0.2, 0.25) is 0 Å². The van der Waals surface area contributed by atoms with E-state index in [2.05, 4.69) is 23.9 Å². The van der Waals surface area contributed by atoms with Crippen LogP contribution in [0.1, 0.15) is 55.7 Å². The Hall–Kier alpha value is -1.70. The van der Waals surface area contributed by atoms with Gasteiger partial charge in [0.2, 0.25) is 5.91 Å². The second kappa shape index (κ2) is 8.12. The molecule has 0 aliphatic heterocycles. The third-order valence-electron chi connectivity index (χ3n) is 3.85. The summed E-state index contributed by atoms with van der Waals surface area (Å²) in [6.45, 7) is 7.83. The summed E-state index contributed by atoms with van der Waals surface area (Å²) in [6.07, 6.45) is 0. The van der Waals surface area contributed by atoms with Gasteiger partial charge in [-0.2, -0.15) is 0 Å². The zero-order valence-electron chi connectivity index (χ0n) is 14.9. The molecule has 1 heterocycles. The van der Waals surface area contributed by atoms with E-state index in [0.717, 1.165) is 21.8 Å². The molecule has 0 radical (unpaired) electrons. The van der Waals surface area contributed by atoms with Crippen molar-refractivity contribution in [2.24, 2.45) is 0 Å². The Balaban J connectivity index is 2.08. The summed E-state index contributed by atoms with van der Waals surface area (Å²) in [5.74, 6) is 0.295. The number of amides is 1. The molecule has 2 aromatic rings. The largest absolute Gasteiger partial charge is 0.351 e. The molecule has 25 heavy (non-hydrogen) atoms. The van der Waals surface area contributed by atoms with E-state index >= 15 is 0 Å². The summed E-state index contributed by atoms with van der Waals surface area (Å²) in [4.78, 5) is 11.7. The molecule has 5 nitrogen and oxygen atoms in total. The van der Waals surface area contributed by atoms with Gasteiger partial charge < -0.3 is 5.32 Å². The number of thiophene rings is 1. The van der Waals surface area contributed by atoms with Crippen LogP contribution in [0.15, 0.2) is 40.6 Å². The highest BCUT2D eigenvalue weighted by Crippen LogP contribution is 2.24. The fourth-order valence-electron chi connectivity index (χ4n) is 2.34. The first-order chi connectivity index (χ1) is 11.7. The fourth-order valence-corrected chi connectivity index (χ4v) is 4.88. The van der Waals surface area contributed by atoms with E-state index in [0.29, 0.717) is 12.5 Å². The van der Waals surface area contributed by atoms with Crippen LogP contribution in [0.25, 0.3) is 0 Å². The van der Waals surface area contributed by atoms with Crippen LogP contribution in [-0.4, -0.2) is 14.3 Å². The van der Waals surface area contributed by atoms with Crippen LogP contribution in [0, 0.1) is 0 Å². The minimum absolute atomic E-state index is 0.144. The topological polar surface area (TPSA) is 75.3 Å². The molecule has 1 aromatic heterocycles. The number of carbonyl (C=O) groups excluding carboxylic acids is 1. The molecule has 0 fully saturated rings. The maximum atomic E-state index is 12.6. The minimum atomic E-state index is -3.60. The zero-order valence-corrected chi connectivity index (χ0v) is 16.5. The highest BCUT2D eigenvalue weighted by atomic mass is 32.2. The Kier molecular flexibility index (Phi) is 6.37. The average molecular weight is 381 g/mol. The van der Waals surface area contributed by atoms with Gasteiger partial charge in [0.05, 0.1) is 6.54 Å². The van der Waals surface area contributed by atoms with Gasteiger partial charge in [-0.05, 0) is 36.1 Å². The molecule has 0 saturated carbocycles. The van der Waals surface area contributed by atoms with Crippen molar-refractivity contribution < 1.29 is 13.2 Å². The number of benzene rings is 1. The van der Waals surface area contributed by atoms with Crippen LogP contribution >= 0.6 is 11.3 Å². The molecule has 136 valence electrons. The van der Waals surface area contributed by atoms with Gasteiger partial charge in [-0.3, -0.25) is 4.79 Å². The standard InChI is InChI=1S/C18H24N2O3S2/c1-12(2)15-5-7-16(8-6-15)13(3)20-25(22,23)18-10-9-17(24-18)11-19-14(4)21/h5-10,12-13,20H,11H2,1-4H3,(H,19,21)/t13-/m0/s1. The Morgan fingerprint density at radius 1 is 1.04 bits per heavy atom. The minimum Gasteiger partial charge on any atom is -0.351 e. The normalized spacial score (nSPS) is 13.0. The SMILES string of the molecule is CC(=O)NCc1ccc(S(=O)(=O)N[C@@H](C)c2ccc(C(C)C)cc2)s1. The fraction of sp³-hybridized carbons (Fsp3) is 0.389. The molecule has 0 spiro atoms. The molecule has 7 heteroatoms. The number of rotatable bonds is 7. The highest BCUT2D eigenvalue weighted by Gasteiger charge is 2.20. The van der Waals surface area contributed by atoms with E-state index in [9.17, 15) is 13.2 Å². The summed E-state index contributed by atoms with van der Waals surface area (Å²) in [6, 6.07) is 10.9. The van der Waals surface area contributed by atoms with Crippen molar-refractivity contribution in [3.05, 3.63) is 52.4 Å². The van der Waals surface area contributed by atoms with Crippen LogP contribution < -0.4 is 10.0 Å². The van der Waals surface area contributed by atoms with Crippen LogP contribution in [-0.2, 0) is 21.4 Å². The van der Waals surface area contributed by atoms with E-state index in [1.807, 2.05) is 31.2 Å². The second-order valence-electron chi connectivity index (χ2n) is 6.29. The average Bonchev–Trinajstić information content (AvgIpc) is 3.02. The van der Waals surface area contributed by atoms with Crippen molar-refractivity contribution in [2.45, 2.75) is 50.4 Å². The van der Waals surface area contributed by atoms with Gasteiger partial charge in [0.15, 0.2) is 0 Å². The molecule has 0 saturated heterocycles. The third kappa shape index (κ3) is 5.39. The maximum absolute atomic E-state index is 12.6. The lowest BCUT2D eigenvalue weighted by Gasteiger charge is -2.15. The molecule has 0 bridgehead atoms. The summed E-state index contributed by atoms with van der Waals surface area (Å²) < 4.78 is 28.1. The molecule has 1 aromatic carbocycles.